The number of carboxylic acid groups (broad SMARTS) is 1. The molecule has 0 unspecified atom stereocenters. The van der Waals surface area contributed by atoms with Gasteiger partial charge >= 0.3 is 5.97 Å². The van der Waals surface area contributed by atoms with E-state index in [1.807, 2.05) is 0 Å². The van der Waals surface area contributed by atoms with Gasteiger partial charge in [0.25, 0.3) is 16.8 Å². The van der Waals surface area contributed by atoms with Gasteiger partial charge in [-0.1, -0.05) is 23.9 Å². The van der Waals surface area contributed by atoms with E-state index in [1.165, 1.54) is 25.1 Å². The lowest BCUT2D eigenvalue weighted by Gasteiger charge is -2.00. The average Bonchev–Trinajstić information content (AvgIpc) is 2.87. The van der Waals surface area contributed by atoms with Crippen LogP contribution < -0.4 is 0 Å². The second-order valence-electron chi connectivity index (χ2n) is 3.75. The van der Waals surface area contributed by atoms with Crippen LogP contribution in [0.4, 0.5) is 5.69 Å². The van der Waals surface area contributed by atoms with Crippen molar-refractivity contribution < 1.29 is 19.2 Å². The summed E-state index contributed by atoms with van der Waals surface area (Å²) in [5, 5.41) is 26.4. The number of benzene rings is 1. The standard InChI is InChI=1S/C11H9N3O5S/c1-6(10(15)16)20-11-13-12-9(19-11)7-4-2-3-5-8(7)14(17)18/h2-6H,1H3,(H,15,16)/t6-/m0/s1. The number of nitro groups is 1. The highest BCUT2D eigenvalue weighted by molar-refractivity contribution is 8.00. The summed E-state index contributed by atoms with van der Waals surface area (Å²) in [4.78, 5) is 21.1. The lowest BCUT2D eigenvalue weighted by atomic mass is 10.2. The van der Waals surface area contributed by atoms with Crippen molar-refractivity contribution in [1.82, 2.24) is 10.2 Å². The third kappa shape index (κ3) is 2.94. The summed E-state index contributed by atoms with van der Waals surface area (Å²) in [6.07, 6.45) is 0. The Morgan fingerprint density at radius 1 is 1.45 bits per heavy atom. The van der Waals surface area contributed by atoms with Gasteiger partial charge in [0.1, 0.15) is 10.8 Å². The van der Waals surface area contributed by atoms with E-state index in [0.717, 1.165) is 11.8 Å². The number of para-hydroxylation sites is 1. The van der Waals surface area contributed by atoms with E-state index in [-0.39, 0.29) is 22.4 Å². The fourth-order valence-electron chi connectivity index (χ4n) is 1.38. The van der Waals surface area contributed by atoms with E-state index >= 15 is 0 Å². The molecule has 0 radical (unpaired) electrons. The fraction of sp³-hybridized carbons (Fsp3) is 0.182. The van der Waals surface area contributed by atoms with Crippen molar-refractivity contribution in [2.45, 2.75) is 17.4 Å². The van der Waals surface area contributed by atoms with Crippen LogP contribution in [0.5, 0.6) is 0 Å². The Morgan fingerprint density at radius 2 is 2.15 bits per heavy atom. The summed E-state index contributed by atoms with van der Waals surface area (Å²) in [5.41, 5.74) is 0.0406. The van der Waals surface area contributed by atoms with Crippen molar-refractivity contribution in [1.29, 1.82) is 0 Å². The first-order chi connectivity index (χ1) is 9.49. The van der Waals surface area contributed by atoms with Gasteiger partial charge in [-0.2, -0.15) is 0 Å². The predicted octanol–water partition coefficient (Wildman–Crippen LogP) is 2.21. The molecular weight excluding hydrogens is 286 g/mol. The van der Waals surface area contributed by atoms with Gasteiger partial charge in [0.15, 0.2) is 0 Å². The maximum atomic E-state index is 10.9. The van der Waals surface area contributed by atoms with Crippen molar-refractivity contribution >= 4 is 23.4 Å². The molecule has 0 saturated heterocycles. The Bertz CT molecular complexity index is 657. The summed E-state index contributed by atoms with van der Waals surface area (Å²) < 4.78 is 5.25. The van der Waals surface area contributed by atoms with E-state index in [4.69, 9.17) is 9.52 Å². The molecule has 1 aromatic carbocycles. The molecule has 1 aromatic heterocycles. The lowest BCUT2D eigenvalue weighted by molar-refractivity contribution is -0.384. The van der Waals surface area contributed by atoms with Crippen molar-refractivity contribution in [3.05, 3.63) is 34.4 Å². The topological polar surface area (TPSA) is 119 Å². The van der Waals surface area contributed by atoms with Crippen molar-refractivity contribution in [3.8, 4) is 11.5 Å². The number of aromatic nitrogens is 2. The molecular formula is C11H9N3O5S. The summed E-state index contributed by atoms with van der Waals surface area (Å²) in [6.45, 7) is 1.47. The molecule has 20 heavy (non-hydrogen) atoms. The van der Waals surface area contributed by atoms with Crippen LogP contribution in [0.2, 0.25) is 0 Å². The third-order valence-electron chi connectivity index (χ3n) is 2.36. The number of hydrogen-bond acceptors (Lipinski definition) is 7. The maximum absolute atomic E-state index is 10.9. The van der Waals surface area contributed by atoms with Gasteiger partial charge in [0.2, 0.25) is 0 Å². The van der Waals surface area contributed by atoms with Crippen LogP contribution in [-0.2, 0) is 4.79 Å². The number of aliphatic carboxylic acids is 1. The lowest BCUT2D eigenvalue weighted by Crippen LogP contribution is -2.10. The molecule has 2 rings (SSSR count). The Morgan fingerprint density at radius 3 is 2.80 bits per heavy atom. The highest BCUT2D eigenvalue weighted by Crippen LogP contribution is 2.31. The number of rotatable bonds is 5. The Hall–Kier alpha value is -2.42. The number of hydrogen-bond donors (Lipinski definition) is 1. The van der Waals surface area contributed by atoms with Gasteiger partial charge in [0, 0.05) is 6.07 Å². The summed E-state index contributed by atoms with van der Waals surface area (Å²) >= 11 is 0.872. The molecule has 0 saturated carbocycles. The first kappa shape index (κ1) is 14.0. The molecule has 1 atom stereocenters. The molecule has 9 heteroatoms. The van der Waals surface area contributed by atoms with Crippen LogP contribution in [0.1, 0.15) is 6.92 Å². The van der Waals surface area contributed by atoms with Crippen LogP contribution in [0.15, 0.2) is 33.9 Å². The van der Waals surface area contributed by atoms with E-state index in [9.17, 15) is 14.9 Å². The molecule has 2 aromatic rings. The van der Waals surface area contributed by atoms with Crippen LogP contribution in [-0.4, -0.2) is 31.4 Å². The zero-order valence-corrected chi connectivity index (χ0v) is 11.0. The summed E-state index contributed by atoms with van der Waals surface area (Å²) in [7, 11) is 0. The van der Waals surface area contributed by atoms with Gasteiger partial charge < -0.3 is 9.52 Å². The predicted molar refractivity (Wildman–Crippen MR) is 69.3 cm³/mol. The second kappa shape index (κ2) is 5.70. The minimum Gasteiger partial charge on any atom is -0.480 e. The van der Waals surface area contributed by atoms with Crippen molar-refractivity contribution in [3.63, 3.8) is 0 Å². The molecule has 0 aliphatic heterocycles. The molecule has 0 aliphatic carbocycles. The smallest absolute Gasteiger partial charge is 0.316 e. The molecule has 0 bridgehead atoms. The largest absolute Gasteiger partial charge is 0.480 e. The quantitative estimate of drug-likeness (QED) is 0.506. The Kier molecular flexibility index (Phi) is 3.99. The SMILES string of the molecule is C[C@H](Sc1nnc(-c2ccccc2[N+](=O)[O-])o1)C(=O)O. The average molecular weight is 295 g/mol. The number of nitro benzene ring substituents is 1. The number of carbonyl (C=O) groups is 1. The second-order valence-corrected chi connectivity index (χ2v) is 5.04. The van der Waals surface area contributed by atoms with Crippen molar-refractivity contribution in [2.24, 2.45) is 0 Å². The Labute approximate surface area is 117 Å². The normalized spacial score (nSPS) is 12.1. The van der Waals surface area contributed by atoms with E-state index in [0.29, 0.717) is 0 Å². The molecule has 0 amide bonds. The zero-order valence-electron chi connectivity index (χ0n) is 10.2. The summed E-state index contributed by atoms with van der Waals surface area (Å²) in [5.74, 6) is -1.03. The summed E-state index contributed by atoms with van der Waals surface area (Å²) in [6, 6.07) is 5.95. The molecule has 8 nitrogen and oxygen atoms in total. The third-order valence-corrected chi connectivity index (χ3v) is 3.28. The van der Waals surface area contributed by atoms with E-state index < -0.39 is 16.1 Å². The molecule has 1 heterocycles. The number of thioether (sulfide) groups is 1. The van der Waals surface area contributed by atoms with Gasteiger partial charge in [-0.05, 0) is 13.0 Å². The number of nitrogens with zero attached hydrogens (tertiary/aromatic N) is 3. The van der Waals surface area contributed by atoms with Gasteiger partial charge in [-0.3, -0.25) is 14.9 Å². The minimum atomic E-state index is -1.01. The van der Waals surface area contributed by atoms with Gasteiger partial charge in [0.05, 0.1) is 4.92 Å². The monoisotopic (exact) mass is 295 g/mol. The number of carboxylic acids is 1. The fourth-order valence-corrected chi connectivity index (χ4v) is 2.00. The van der Waals surface area contributed by atoms with Crippen molar-refractivity contribution in [2.75, 3.05) is 0 Å². The zero-order chi connectivity index (χ0) is 14.7. The maximum Gasteiger partial charge on any atom is 0.316 e. The first-order valence-electron chi connectivity index (χ1n) is 5.46. The highest BCUT2D eigenvalue weighted by atomic mass is 32.2. The molecule has 1 N–H and O–H groups in total. The molecule has 104 valence electrons. The van der Waals surface area contributed by atoms with Crippen LogP contribution in [0, 0.1) is 10.1 Å². The van der Waals surface area contributed by atoms with Crippen LogP contribution in [0.25, 0.3) is 11.5 Å². The van der Waals surface area contributed by atoms with E-state index in [2.05, 4.69) is 10.2 Å². The van der Waals surface area contributed by atoms with Crippen LogP contribution in [0.3, 0.4) is 0 Å². The van der Waals surface area contributed by atoms with Gasteiger partial charge in [-0.15, -0.1) is 10.2 Å². The first-order valence-corrected chi connectivity index (χ1v) is 6.33. The highest BCUT2D eigenvalue weighted by Gasteiger charge is 2.21. The van der Waals surface area contributed by atoms with Crippen LogP contribution >= 0.6 is 11.8 Å². The van der Waals surface area contributed by atoms with E-state index in [1.54, 1.807) is 6.07 Å². The molecule has 0 spiro atoms. The van der Waals surface area contributed by atoms with Gasteiger partial charge in [-0.25, -0.2) is 0 Å². The molecule has 0 aliphatic rings. The Balaban J connectivity index is 2.30. The molecule has 0 fully saturated rings. The minimum absolute atomic E-state index is 0.0163.